The van der Waals surface area contributed by atoms with E-state index in [1.165, 1.54) is 0 Å². The highest BCUT2D eigenvalue weighted by molar-refractivity contribution is 9.10. The monoisotopic (exact) mass is 621 g/mol. The molecule has 43 heavy (non-hydrogen) atoms. The van der Waals surface area contributed by atoms with Gasteiger partial charge in [-0.15, -0.1) is 20.4 Å². The average Bonchev–Trinajstić information content (AvgIpc) is 3.70. The highest BCUT2D eigenvalue weighted by atomic mass is 79.9. The number of hydrogen-bond acceptors (Lipinski definition) is 6. The molecule has 0 saturated heterocycles. The first-order chi connectivity index (χ1) is 21.2. The lowest BCUT2D eigenvalue weighted by atomic mass is 10.1. The second-order valence-electron chi connectivity index (χ2n) is 10.3. The van der Waals surface area contributed by atoms with Gasteiger partial charge < -0.3 is 9.64 Å². The molecule has 5 aromatic carbocycles. The van der Waals surface area contributed by atoms with E-state index in [4.69, 9.17) is 4.74 Å². The van der Waals surface area contributed by atoms with Crippen molar-refractivity contribution in [2.75, 3.05) is 4.90 Å². The van der Waals surface area contributed by atoms with Crippen LogP contribution >= 0.6 is 15.9 Å². The van der Waals surface area contributed by atoms with Gasteiger partial charge in [0.25, 0.3) is 0 Å². The van der Waals surface area contributed by atoms with Crippen LogP contribution < -0.4 is 9.64 Å². The van der Waals surface area contributed by atoms with Gasteiger partial charge in [0.05, 0.1) is 22.4 Å². The summed E-state index contributed by atoms with van der Waals surface area (Å²) in [5.41, 5.74) is 8.12. The van der Waals surface area contributed by atoms with E-state index in [1.807, 2.05) is 72.8 Å². The van der Waals surface area contributed by atoms with E-state index >= 15 is 0 Å². The Hall–Kier alpha value is -5.54. The molecule has 1 aliphatic heterocycles. The van der Waals surface area contributed by atoms with Crippen LogP contribution in [0, 0.1) is 0 Å². The molecule has 0 N–H and O–H groups in total. The van der Waals surface area contributed by atoms with Gasteiger partial charge in [0.2, 0.25) is 11.3 Å². The molecule has 0 radical (unpaired) electrons. The number of hydrogen-bond donors (Lipinski definition) is 0. The number of anilines is 3. The maximum absolute atomic E-state index is 6.19. The molecular formula is C34H20BrN7O. The molecule has 0 bridgehead atoms. The van der Waals surface area contributed by atoms with E-state index in [0.29, 0.717) is 11.3 Å². The highest BCUT2D eigenvalue weighted by Crippen LogP contribution is 2.50. The van der Waals surface area contributed by atoms with Crippen LogP contribution in [0.5, 0.6) is 11.5 Å². The first kappa shape index (κ1) is 24.1. The molecule has 8 nitrogen and oxygen atoms in total. The SMILES string of the molecule is Brc1ccc(-c2nnc3c4nnc(-c5ccc(N6c7ccccc7Oc7ccccc76)cc5)n4c4ccccc4n23)cc1. The molecule has 0 amide bonds. The molecule has 0 unspecified atom stereocenters. The van der Waals surface area contributed by atoms with Crippen molar-refractivity contribution in [3.05, 3.63) is 126 Å². The molecule has 0 spiro atoms. The third-order valence-electron chi connectivity index (χ3n) is 7.81. The van der Waals surface area contributed by atoms with Crippen LogP contribution in [0.2, 0.25) is 0 Å². The fourth-order valence-corrected chi connectivity index (χ4v) is 6.14. The Balaban J connectivity index is 1.20. The largest absolute Gasteiger partial charge is 0.453 e. The van der Waals surface area contributed by atoms with E-state index in [0.717, 1.165) is 66.8 Å². The minimum absolute atomic E-state index is 0.643. The molecule has 4 heterocycles. The number of para-hydroxylation sites is 6. The van der Waals surface area contributed by atoms with E-state index in [2.05, 4.69) is 98.6 Å². The van der Waals surface area contributed by atoms with Gasteiger partial charge in [0.1, 0.15) is 0 Å². The van der Waals surface area contributed by atoms with Crippen LogP contribution in [0.15, 0.2) is 126 Å². The number of aromatic nitrogens is 6. The summed E-state index contributed by atoms with van der Waals surface area (Å²) in [4.78, 5) is 2.22. The average molecular weight is 622 g/mol. The first-order valence-corrected chi connectivity index (χ1v) is 14.6. The summed E-state index contributed by atoms with van der Waals surface area (Å²) in [6.45, 7) is 0. The van der Waals surface area contributed by atoms with Crippen molar-refractivity contribution in [3.63, 3.8) is 0 Å². The van der Waals surface area contributed by atoms with E-state index < -0.39 is 0 Å². The maximum atomic E-state index is 6.19. The Morgan fingerprint density at radius 1 is 0.488 bits per heavy atom. The van der Waals surface area contributed by atoms with Crippen molar-refractivity contribution in [2.24, 2.45) is 0 Å². The van der Waals surface area contributed by atoms with Gasteiger partial charge in [-0.2, -0.15) is 0 Å². The number of benzene rings is 5. The van der Waals surface area contributed by atoms with Crippen LogP contribution in [-0.4, -0.2) is 29.2 Å². The summed E-state index contributed by atoms with van der Waals surface area (Å²) >= 11 is 3.52. The third kappa shape index (κ3) is 3.61. The smallest absolute Gasteiger partial charge is 0.207 e. The normalized spacial score (nSPS) is 12.4. The van der Waals surface area contributed by atoms with Gasteiger partial charge in [-0.25, -0.2) is 0 Å². The highest BCUT2D eigenvalue weighted by Gasteiger charge is 2.26. The second kappa shape index (κ2) is 9.23. The Morgan fingerprint density at radius 2 is 0.953 bits per heavy atom. The molecule has 9 rings (SSSR count). The molecule has 3 aromatic heterocycles. The van der Waals surface area contributed by atoms with Crippen molar-refractivity contribution in [1.29, 1.82) is 0 Å². The lowest BCUT2D eigenvalue weighted by Gasteiger charge is -2.32. The lowest BCUT2D eigenvalue weighted by Crippen LogP contribution is -2.15. The van der Waals surface area contributed by atoms with E-state index in [-0.39, 0.29) is 0 Å². The number of nitrogens with zero attached hydrogens (tertiary/aromatic N) is 7. The van der Waals surface area contributed by atoms with E-state index in [9.17, 15) is 0 Å². The minimum atomic E-state index is 0.643. The molecular weight excluding hydrogens is 602 g/mol. The number of fused-ring (bicyclic) bond motifs is 8. The Labute approximate surface area is 253 Å². The quantitative estimate of drug-likeness (QED) is 0.197. The van der Waals surface area contributed by atoms with Crippen LogP contribution in [0.25, 0.3) is 45.1 Å². The molecule has 0 aliphatic carbocycles. The van der Waals surface area contributed by atoms with Crippen LogP contribution in [-0.2, 0) is 0 Å². The third-order valence-corrected chi connectivity index (χ3v) is 8.34. The first-order valence-electron chi connectivity index (χ1n) is 13.8. The van der Waals surface area contributed by atoms with Crippen molar-refractivity contribution in [1.82, 2.24) is 29.2 Å². The molecule has 9 heteroatoms. The molecule has 0 fully saturated rings. The maximum Gasteiger partial charge on any atom is 0.207 e. The molecule has 1 aliphatic rings. The molecule has 0 atom stereocenters. The summed E-state index contributed by atoms with van der Waals surface area (Å²) in [7, 11) is 0. The topological polar surface area (TPSA) is 72.8 Å². The van der Waals surface area contributed by atoms with Gasteiger partial charge in [0.15, 0.2) is 23.1 Å². The second-order valence-corrected chi connectivity index (χ2v) is 11.2. The summed E-state index contributed by atoms with van der Waals surface area (Å²) < 4.78 is 11.3. The number of ether oxygens (including phenoxy) is 1. The Kier molecular flexibility index (Phi) is 5.17. The molecule has 0 saturated carbocycles. The predicted octanol–water partition coefficient (Wildman–Crippen LogP) is 8.60. The minimum Gasteiger partial charge on any atom is -0.453 e. The van der Waals surface area contributed by atoms with Gasteiger partial charge in [-0.3, -0.25) is 8.80 Å². The van der Waals surface area contributed by atoms with Crippen LogP contribution in [0.1, 0.15) is 0 Å². The Bertz CT molecular complexity index is 2300. The van der Waals surface area contributed by atoms with Crippen LogP contribution in [0.4, 0.5) is 17.1 Å². The van der Waals surface area contributed by atoms with Crippen molar-refractivity contribution < 1.29 is 4.74 Å². The predicted molar refractivity (Wildman–Crippen MR) is 170 cm³/mol. The van der Waals surface area contributed by atoms with E-state index in [1.54, 1.807) is 0 Å². The van der Waals surface area contributed by atoms with Crippen molar-refractivity contribution in [2.45, 2.75) is 0 Å². The lowest BCUT2D eigenvalue weighted by molar-refractivity contribution is 0.477. The zero-order valence-electron chi connectivity index (χ0n) is 22.5. The number of rotatable bonds is 3. The van der Waals surface area contributed by atoms with Gasteiger partial charge in [0, 0.05) is 21.3 Å². The van der Waals surface area contributed by atoms with Gasteiger partial charge in [-0.05, 0) is 72.8 Å². The van der Waals surface area contributed by atoms with Gasteiger partial charge >= 0.3 is 0 Å². The van der Waals surface area contributed by atoms with Crippen molar-refractivity contribution >= 4 is 55.3 Å². The fraction of sp³-hybridized carbons (Fsp3) is 0. The van der Waals surface area contributed by atoms with Crippen molar-refractivity contribution in [3.8, 4) is 34.3 Å². The molecule has 204 valence electrons. The van der Waals surface area contributed by atoms with Gasteiger partial charge in [-0.1, -0.05) is 64.5 Å². The summed E-state index contributed by atoms with van der Waals surface area (Å²) in [5, 5.41) is 18.4. The summed E-state index contributed by atoms with van der Waals surface area (Å²) in [6, 6.07) is 40.8. The fourth-order valence-electron chi connectivity index (χ4n) is 5.87. The standard InChI is InChI=1S/C34H20BrN7O/c35-23-17-13-21(14-18-23)31-36-38-33-34-39-37-32(42(34)26-8-2-1-7-25(26)41(31)33)22-15-19-24(20-16-22)40-27-9-3-5-11-29(27)43-30-12-6-4-10-28(30)40/h1-20H. The summed E-state index contributed by atoms with van der Waals surface area (Å²) in [6.07, 6.45) is 0. The Morgan fingerprint density at radius 3 is 1.49 bits per heavy atom. The summed E-state index contributed by atoms with van der Waals surface area (Å²) in [5.74, 6) is 3.12. The molecule has 8 aromatic rings. The van der Waals surface area contributed by atoms with Crippen LogP contribution in [0.3, 0.4) is 0 Å². The number of halogens is 1. The zero-order chi connectivity index (χ0) is 28.5. The zero-order valence-corrected chi connectivity index (χ0v) is 24.0.